The second-order valence-electron chi connectivity index (χ2n) is 6.21. The van der Waals surface area contributed by atoms with Crippen molar-refractivity contribution in [3.63, 3.8) is 0 Å². The third kappa shape index (κ3) is 2.81. The van der Waals surface area contributed by atoms with Crippen molar-refractivity contribution in [3.05, 3.63) is 75.3 Å². The fourth-order valence-electron chi connectivity index (χ4n) is 3.02. The van der Waals surface area contributed by atoms with E-state index in [1.54, 1.807) is 6.33 Å². The van der Waals surface area contributed by atoms with E-state index in [-0.39, 0.29) is 0 Å². The molecule has 0 saturated heterocycles. The van der Waals surface area contributed by atoms with E-state index in [0.717, 1.165) is 37.6 Å². The largest absolute Gasteiger partial charge is 0.318 e. The molecule has 3 nitrogen and oxygen atoms in total. The highest BCUT2D eigenvalue weighted by Crippen LogP contribution is 2.26. The highest BCUT2D eigenvalue weighted by molar-refractivity contribution is 7.71. The molecule has 4 aromatic rings. The smallest absolute Gasteiger partial charge is 0.134 e. The van der Waals surface area contributed by atoms with Gasteiger partial charge in [0.1, 0.15) is 9.79 Å². The molecule has 4 rings (SSSR count). The second kappa shape index (κ2) is 6.21. The van der Waals surface area contributed by atoms with Crippen molar-refractivity contribution in [2.45, 2.75) is 20.4 Å². The van der Waals surface area contributed by atoms with Crippen LogP contribution in [0.2, 0.25) is 5.15 Å². The lowest BCUT2D eigenvalue weighted by Crippen LogP contribution is -2.05. The van der Waals surface area contributed by atoms with E-state index >= 15 is 0 Å². The number of hydrogen-bond donors (Lipinski definition) is 0. The minimum Gasteiger partial charge on any atom is -0.318 e. The van der Waals surface area contributed by atoms with Crippen molar-refractivity contribution < 1.29 is 0 Å². The van der Waals surface area contributed by atoms with Gasteiger partial charge in [-0.3, -0.25) is 0 Å². The van der Waals surface area contributed by atoms with Gasteiger partial charge in [-0.1, -0.05) is 48.1 Å². The summed E-state index contributed by atoms with van der Waals surface area (Å²) in [6.07, 6.45) is 1.77. The van der Waals surface area contributed by atoms with Crippen LogP contribution in [0.4, 0.5) is 0 Å². The fraction of sp³-hybridized carbons (Fsp3) is 0.150. The molecule has 0 spiro atoms. The Morgan fingerprint density at radius 3 is 2.76 bits per heavy atom. The zero-order chi connectivity index (χ0) is 17.6. The fourth-order valence-corrected chi connectivity index (χ4v) is 3.50. The lowest BCUT2D eigenvalue weighted by molar-refractivity contribution is 0.764. The maximum atomic E-state index is 6.47. The molecule has 124 valence electrons. The average molecular weight is 366 g/mol. The topological polar surface area (TPSA) is 30.7 Å². The molecule has 0 saturated carbocycles. The molecular formula is C20H16ClN3S. The first-order chi connectivity index (χ1) is 12.0. The molecule has 0 N–H and O–H groups in total. The van der Waals surface area contributed by atoms with Crippen LogP contribution in [0.5, 0.6) is 0 Å². The Labute approximate surface area is 155 Å². The monoisotopic (exact) mass is 365 g/mol. The van der Waals surface area contributed by atoms with Gasteiger partial charge in [-0.15, -0.1) is 0 Å². The van der Waals surface area contributed by atoms with Crippen molar-refractivity contribution in [1.29, 1.82) is 0 Å². The van der Waals surface area contributed by atoms with Gasteiger partial charge in [0.2, 0.25) is 0 Å². The van der Waals surface area contributed by atoms with Crippen molar-refractivity contribution >= 4 is 45.6 Å². The van der Waals surface area contributed by atoms with E-state index in [2.05, 4.69) is 42.0 Å². The normalized spacial score (nSPS) is 11.3. The Kier molecular flexibility index (Phi) is 4.02. The molecule has 0 bridgehead atoms. The standard InChI is InChI=1S/C20H16ClN3S/c1-12-7-8-14-9-15(19(21)23-18(14)13(12)2)10-24-11-22-17-6-4-3-5-16(17)20(24)25/h3-9,11H,10H2,1-2H3. The van der Waals surface area contributed by atoms with E-state index < -0.39 is 0 Å². The third-order valence-electron chi connectivity index (χ3n) is 4.61. The van der Waals surface area contributed by atoms with E-state index in [0.29, 0.717) is 11.7 Å². The van der Waals surface area contributed by atoms with Crippen molar-refractivity contribution in [2.24, 2.45) is 0 Å². The van der Waals surface area contributed by atoms with Gasteiger partial charge in [0.25, 0.3) is 0 Å². The van der Waals surface area contributed by atoms with E-state index in [4.69, 9.17) is 23.8 Å². The minimum absolute atomic E-state index is 0.510. The number of aromatic nitrogens is 3. The molecule has 0 amide bonds. The second-order valence-corrected chi connectivity index (χ2v) is 6.96. The van der Waals surface area contributed by atoms with Gasteiger partial charge in [-0.05, 0) is 43.2 Å². The predicted octanol–water partition coefficient (Wildman–Crippen LogP) is 5.63. The van der Waals surface area contributed by atoms with Gasteiger partial charge >= 0.3 is 0 Å². The van der Waals surface area contributed by atoms with Crippen LogP contribution >= 0.6 is 23.8 Å². The van der Waals surface area contributed by atoms with Crippen LogP contribution in [-0.4, -0.2) is 14.5 Å². The summed E-state index contributed by atoms with van der Waals surface area (Å²) in [6.45, 7) is 4.70. The first kappa shape index (κ1) is 16.2. The highest BCUT2D eigenvalue weighted by atomic mass is 35.5. The number of benzene rings is 2. The minimum atomic E-state index is 0.510. The number of rotatable bonds is 2. The van der Waals surface area contributed by atoms with E-state index in [9.17, 15) is 0 Å². The summed E-state index contributed by atoms with van der Waals surface area (Å²) < 4.78 is 2.69. The lowest BCUT2D eigenvalue weighted by atomic mass is 10.0. The quantitative estimate of drug-likeness (QED) is 0.340. The van der Waals surface area contributed by atoms with Gasteiger partial charge in [-0.2, -0.15) is 0 Å². The van der Waals surface area contributed by atoms with Crippen LogP contribution in [0.25, 0.3) is 21.8 Å². The Morgan fingerprint density at radius 2 is 1.92 bits per heavy atom. The summed E-state index contributed by atoms with van der Waals surface area (Å²) in [5, 5.41) is 2.57. The molecule has 0 atom stereocenters. The average Bonchev–Trinajstić information content (AvgIpc) is 2.62. The van der Waals surface area contributed by atoms with Crippen LogP contribution in [0, 0.1) is 18.5 Å². The third-order valence-corrected chi connectivity index (χ3v) is 5.39. The molecule has 2 heterocycles. The maximum Gasteiger partial charge on any atom is 0.134 e. The molecule has 2 aromatic carbocycles. The van der Waals surface area contributed by atoms with Crippen LogP contribution < -0.4 is 0 Å². The molecule has 0 aliphatic rings. The summed E-state index contributed by atoms with van der Waals surface area (Å²) in [4.78, 5) is 9.11. The number of nitrogens with zero attached hydrogens (tertiary/aromatic N) is 3. The summed E-state index contributed by atoms with van der Waals surface area (Å²) in [5.41, 5.74) is 5.16. The first-order valence-electron chi connectivity index (χ1n) is 8.04. The van der Waals surface area contributed by atoms with Gasteiger partial charge in [0.15, 0.2) is 0 Å². The molecule has 0 fully saturated rings. The lowest BCUT2D eigenvalue weighted by Gasteiger charge is -2.12. The van der Waals surface area contributed by atoms with Crippen molar-refractivity contribution in [3.8, 4) is 0 Å². The zero-order valence-electron chi connectivity index (χ0n) is 14.0. The van der Waals surface area contributed by atoms with Gasteiger partial charge in [-0.25, -0.2) is 9.97 Å². The number of aryl methyl sites for hydroxylation is 2. The Bertz CT molecular complexity index is 1180. The molecule has 25 heavy (non-hydrogen) atoms. The Balaban J connectivity index is 1.84. The molecule has 2 aromatic heterocycles. The molecule has 0 unspecified atom stereocenters. The number of hydrogen-bond acceptors (Lipinski definition) is 3. The van der Waals surface area contributed by atoms with Crippen LogP contribution in [0.1, 0.15) is 16.7 Å². The molecule has 5 heteroatoms. The Morgan fingerprint density at radius 1 is 1.12 bits per heavy atom. The zero-order valence-corrected chi connectivity index (χ0v) is 15.5. The van der Waals surface area contributed by atoms with Crippen molar-refractivity contribution in [1.82, 2.24) is 14.5 Å². The summed E-state index contributed by atoms with van der Waals surface area (Å²) in [6, 6.07) is 14.2. The summed E-state index contributed by atoms with van der Waals surface area (Å²) in [5.74, 6) is 0. The van der Waals surface area contributed by atoms with Gasteiger partial charge < -0.3 is 4.57 Å². The van der Waals surface area contributed by atoms with Gasteiger partial charge in [0, 0.05) is 16.3 Å². The number of para-hydroxylation sites is 1. The first-order valence-corrected chi connectivity index (χ1v) is 8.83. The molecule has 0 aliphatic carbocycles. The molecule has 0 aliphatic heterocycles. The SMILES string of the molecule is Cc1ccc2cc(Cn3cnc4ccccc4c3=S)c(Cl)nc2c1C. The number of pyridine rings is 1. The maximum absolute atomic E-state index is 6.47. The predicted molar refractivity (Wildman–Crippen MR) is 106 cm³/mol. The number of fused-ring (bicyclic) bond motifs is 2. The van der Waals surface area contributed by atoms with Crippen LogP contribution in [0.3, 0.4) is 0 Å². The van der Waals surface area contributed by atoms with Crippen LogP contribution in [0.15, 0.2) is 48.8 Å². The summed E-state index contributed by atoms with van der Waals surface area (Å²) >= 11 is 12.1. The number of halogens is 1. The van der Waals surface area contributed by atoms with Gasteiger partial charge in [0.05, 0.1) is 23.9 Å². The van der Waals surface area contributed by atoms with E-state index in [1.807, 2.05) is 28.8 Å². The molecule has 0 radical (unpaired) electrons. The Hall–Kier alpha value is -2.30. The molecular weight excluding hydrogens is 350 g/mol. The highest BCUT2D eigenvalue weighted by Gasteiger charge is 2.10. The van der Waals surface area contributed by atoms with Crippen LogP contribution in [-0.2, 0) is 6.54 Å². The summed E-state index contributed by atoms with van der Waals surface area (Å²) in [7, 11) is 0. The van der Waals surface area contributed by atoms with Crippen molar-refractivity contribution in [2.75, 3.05) is 0 Å². The van der Waals surface area contributed by atoms with E-state index in [1.165, 1.54) is 5.56 Å².